The number of phenols is 1. The van der Waals surface area contributed by atoms with E-state index in [1.165, 1.54) is 13.0 Å². The number of nitrogens with zero attached hydrogens (tertiary/aromatic N) is 1. The molecule has 1 aromatic rings. The summed E-state index contributed by atoms with van der Waals surface area (Å²) in [6.45, 7) is 3.49. The van der Waals surface area contributed by atoms with E-state index in [2.05, 4.69) is 10.3 Å². The van der Waals surface area contributed by atoms with Gasteiger partial charge in [0.25, 0.3) is 5.91 Å². The molecule has 0 aromatic heterocycles. The molecule has 22 heavy (non-hydrogen) atoms. The maximum atomic E-state index is 11.8. The highest BCUT2D eigenvalue weighted by Crippen LogP contribution is 2.37. The Morgan fingerprint density at radius 3 is 2.91 bits per heavy atom. The summed E-state index contributed by atoms with van der Waals surface area (Å²) in [6.07, 6.45) is 1.57. The van der Waals surface area contributed by atoms with Crippen molar-refractivity contribution in [2.24, 2.45) is 4.99 Å². The number of amidine groups is 1. The summed E-state index contributed by atoms with van der Waals surface area (Å²) in [6, 6.07) is 3.08. The van der Waals surface area contributed by atoms with Gasteiger partial charge in [-0.15, -0.1) is 0 Å². The van der Waals surface area contributed by atoms with Crippen LogP contribution >= 0.6 is 23.4 Å². The van der Waals surface area contributed by atoms with Gasteiger partial charge in [-0.3, -0.25) is 9.59 Å². The number of carbonyl (C=O) groups is 2. The topological polar surface area (TPSA) is 88.0 Å². The van der Waals surface area contributed by atoms with Gasteiger partial charge in [-0.2, -0.15) is 4.99 Å². The first-order valence-corrected chi connectivity index (χ1v) is 7.55. The summed E-state index contributed by atoms with van der Waals surface area (Å²) >= 11 is 6.99. The van der Waals surface area contributed by atoms with Crippen LogP contribution in [-0.2, 0) is 9.59 Å². The fraction of sp³-hybridized carbons (Fsp3) is 0.214. The average Bonchev–Trinajstić information content (AvgIpc) is 2.75. The number of aliphatic imine (C=N–C) groups is 1. The van der Waals surface area contributed by atoms with Crippen LogP contribution in [0.3, 0.4) is 0 Å². The van der Waals surface area contributed by atoms with Crippen LogP contribution in [0.2, 0.25) is 5.02 Å². The van der Waals surface area contributed by atoms with Crippen molar-refractivity contribution in [1.29, 1.82) is 0 Å². The molecule has 0 saturated carbocycles. The van der Waals surface area contributed by atoms with Crippen LogP contribution < -0.4 is 10.1 Å². The molecular formula is C14H13ClN2O4S. The molecule has 0 spiro atoms. The van der Waals surface area contributed by atoms with Gasteiger partial charge in [-0.05, 0) is 42.5 Å². The lowest BCUT2D eigenvalue weighted by Gasteiger charge is -2.08. The van der Waals surface area contributed by atoms with Gasteiger partial charge >= 0.3 is 0 Å². The van der Waals surface area contributed by atoms with Crippen molar-refractivity contribution in [3.63, 3.8) is 0 Å². The first-order valence-electron chi connectivity index (χ1n) is 6.36. The molecule has 6 nitrogen and oxygen atoms in total. The fourth-order valence-corrected chi connectivity index (χ4v) is 2.79. The number of nitrogens with one attached hydrogen (secondary N) is 1. The average molecular weight is 341 g/mol. The molecule has 1 aliphatic rings. The highest BCUT2D eigenvalue weighted by atomic mass is 35.5. The third-order valence-electron chi connectivity index (χ3n) is 2.55. The normalized spacial score (nSPS) is 15.9. The lowest BCUT2D eigenvalue weighted by Crippen LogP contribution is -2.23. The van der Waals surface area contributed by atoms with Crippen molar-refractivity contribution >= 4 is 46.4 Å². The molecule has 1 heterocycles. The summed E-state index contributed by atoms with van der Waals surface area (Å²) in [4.78, 5) is 26.8. The monoisotopic (exact) mass is 340 g/mol. The van der Waals surface area contributed by atoms with Crippen molar-refractivity contribution in [2.45, 2.75) is 13.8 Å². The number of amides is 2. The second-order valence-corrected chi connectivity index (χ2v) is 5.73. The summed E-state index contributed by atoms with van der Waals surface area (Å²) in [5.41, 5.74) is 0.585. The fourth-order valence-electron chi connectivity index (χ4n) is 1.71. The predicted octanol–water partition coefficient (Wildman–Crippen LogP) is 2.55. The standard InChI is InChI=1S/C14H13ClN2O4S/c1-3-21-10-5-8(4-9(15)12(10)19)6-11-13(20)17-14(22-11)16-7(2)18/h4-6,19H,3H2,1-2H3,(H,16,17,18,20)/b11-6-. The number of hydrogen-bond acceptors (Lipinski definition) is 5. The number of benzene rings is 1. The SMILES string of the molecule is CCOc1cc(/C=C2\SC(NC(C)=O)=NC2=O)cc(Cl)c1O. The maximum Gasteiger partial charge on any atom is 0.286 e. The number of hydrogen-bond donors (Lipinski definition) is 2. The van der Waals surface area contributed by atoms with E-state index in [4.69, 9.17) is 16.3 Å². The number of carbonyl (C=O) groups excluding carboxylic acids is 2. The van der Waals surface area contributed by atoms with Gasteiger partial charge in [0, 0.05) is 6.92 Å². The maximum absolute atomic E-state index is 11.8. The van der Waals surface area contributed by atoms with E-state index >= 15 is 0 Å². The summed E-state index contributed by atoms with van der Waals surface area (Å²) in [5.74, 6) is -0.658. The first kappa shape index (κ1) is 16.4. The van der Waals surface area contributed by atoms with Crippen LogP contribution in [0.4, 0.5) is 0 Å². The van der Waals surface area contributed by atoms with Crippen LogP contribution in [0.1, 0.15) is 19.4 Å². The minimum Gasteiger partial charge on any atom is -0.503 e. The molecule has 0 fully saturated rings. The molecule has 2 amide bonds. The molecule has 116 valence electrons. The van der Waals surface area contributed by atoms with E-state index in [0.717, 1.165) is 11.8 Å². The summed E-state index contributed by atoms with van der Waals surface area (Å²) < 4.78 is 5.28. The second kappa shape index (κ2) is 6.85. The molecule has 0 aliphatic carbocycles. The van der Waals surface area contributed by atoms with Crippen molar-refractivity contribution in [2.75, 3.05) is 6.61 Å². The molecule has 8 heteroatoms. The predicted molar refractivity (Wildman–Crippen MR) is 86.1 cm³/mol. The Bertz CT molecular complexity index is 700. The van der Waals surface area contributed by atoms with Crippen LogP contribution in [0.5, 0.6) is 11.5 Å². The Hall–Kier alpha value is -1.99. The lowest BCUT2D eigenvalue weighted by atomic mass is 10.2. The molecule has 2 N–H and O–H groups in total. The molecule has 0 unspecified atom stereocenters. The largest absolute Gasteiger partial charge is 0.503 e. The van der Waals surface area contributed by atoms with Crippen LogP contribution in [0.25, 0.3) is 6.08 Å². The molecule has 0 radical (unpaired) electrons. The number of aromatic hydroxyl groups is 1. The van der Waals surface area contributed by atoms with Crippen molar-refractivity contribution in [1.82, 2.24) is 5.32 Å². The van der Waals surface area contributed by atoms with Gasteiger partial charge in [-0.25, -0.2) is 0 Å². The molecule has 0 saturated heterocycles. The van der Waals surface area contributed by atoms with Crippen molar-refractivity contribution < 1.29 is 19.4 Å². The van der Waals surface area contributed by atoms with Crippen molar-refractivity contribution in [3.05, 3.63) is 27.6 Å². The van der Waals surface area contributed by atoms with Gasteiger partial charge in [0.1, 0.15) is 0 Å². The van der Waals surface area contributed by atoms with Gasteiger partial charge < -0.3 is 15.2 Å². The summed E-state index contributed by atoms with van der Waals surface area (Å²) in [5, 5.41) is 12.6. The third-order valence-corrected chi connectivity index (χ3v) is 3.74. The van der Waals surface area contributed by atoms with E-state index in [9.17, 15) is 14.7 Å². The zero-order chi connectivity index (χ0) is 16.3. The number of halogens is 1. The quantitative estimate of drug-likeness (QED) is 0.825. The van der Waals surface area contributed by atoms with E-state index in [1.54, 1.807) is 19.1 Å². The van der Waals surface area contributed by atoms with Crippen LogP contribution in [0, 0.1) is 0 Å². The molecule has 2 rings (SSSR count). The van der Waals surface area contributed by atoms with Crippen LogP contribution in [0.15, 0.2) is 22.0 Å². The van der Waals surface area contributed by atoms with E-state index < -0.39 is 5.91 Å². The molecular weight excluding hydrogens is 328 g/mol. The van der Waals surface area contributed by atoms with Crippen molar-refractivity contribution in [3.8, 4) is 11.5 Å². The van der Waals surface area contributed by atoms with Crippen LogP contribution in [-0.4, -0.2) is 28.7 Å². The Labute approximate surface area is 136 Å². The highest BCUT2D eigenvalue weighted by Gasteiger charge is 2.22. The Morgan fingerprint density at radius 1 is 1.55 bits per heavy atom. The highest BCUT2D eigenvalue weighted by molar-refractivity contribution is 8.18. The Morgan fingerprint density at radius 2 is 2.27 bits per heavy atom. The first-order chi connectivity index (χ1) is 10.4. The smallest absolute Gasteiger partial charge is 0.286 e. The minimum atomic E-state index is -0.448. The number of thioether (sulfide) groups is 1. The number of rotatable bonds is 3. The van der Waals surface area contributed by atoms with E-state index in [1.807, 2.05) is 0 Å². The van der Waals surface area contributed by atoms with Gasteiger partial charge in [0.05, 0.1) is 16.5 Å². The van der Waals surface area contributed by atoms with Gasteiger partial charge in [0.2, 0.25) is 5.91 Å². The number of phenolic OH excluding ortho intramolecular Hbond substituents is 1. The molecule has 0 atom stereocenters. The van der Waals surface area contributed by atoms with E-state index in [-0.39, 0.29) is 27.6 Å². The zero-order valence-corrected chi connectivity index (χ0v) is 13.4. The Balaban J connectivity index is 2.27. The summed E-state index contributed by atoms with van der Waals surface area (Å²) in [7, 11) is 0. The number of ether oxygens (including phenoxy) is 1. The molecule has 1 aliphatic heterocycles. The van der Waals surface area contributed by atoms with Gasteiger partial charge in [0.15, 0.2) is 16.7 Å². The zero-order valence-electron chi connectivity index (χ0n) is 11.8. The lowest BCUT2D eigenvalue weighted by molar-refractivity contribution is -0.117. The van der Waals surface area contributed by atoms with E-state index in [0.29, 0.717) is 17.1 Å². The third kappa shape index (κ3) is 3.80. The Kier molecular flexibility index (Phi) is 5.10. The second-order valence-electron chi connectivity index (χ2n) is 4.30. The van der Waals surface area contributed by atoms with Gasteiger partial charge in [-0.1, -0.05) is 11.6 Å². The minimum absolute atomic E-state index is 0.122. The molecule has 1 aromatic carbocycles. The molecule has 0 bridgehead atoms.